The van der Waals surface area contributed by atoms with Gasteiger partial charge in [0.15, 0.2) is 0 Å². The number of rotatable bonds is 3. The number of hydrogen-bond acceptors (Lipinski definition) is 1. The van der Waals surface area contributed by atoms with Gasteiger partial charge in [-0.2, -0.15) is 0 Å². The highest BCUT2D eigenvalue weighted by Gasteiger charge is 2.29. The quantitative estimate of drug-likeness (QED) is 0.805. The molecule has 2 unspecified atom stereocenters. The van der Waals surface area contributed by atoms with E-state index >= 15 is 0 Å². The SMILES string of the molecule is CC(C)C1CCCCC1NC(=O)c1ccc(Cl)cc1Br. The Kier molecular flexibility index (Phi) is 5.50. The van der Waals surface area contributed by atoms with Crippen molar-refractivity contribution in [3.05, 3.63) is 33.3 Å². The Balaban J connectivity index is 2.09. The summed E-state index contributed by atoms with van der Waals surface area (Å²) in [6, 6.07) is 5.58. The van der Waals surface area contributed by atoms with E-state index in [9.17, 15) is 4.79 Å². The van der Waals surface area contributed by atoms with Crippen LogP contribution in [-0.4, -0.2) is 11.9 Å². The number of halogens is 2. The van der Waals surface area contributed by atoms with Crippen LogP contribution in [0.4, 0.5) is 0 Å². The third-order valence-corrected chi connectivity index (χ3v) is 5.06. The number of nitrogens with one attached hydrogen (secondary N) is 1. The second-order valence-corrected chi connectivity index (χ2v) is 7.19. The average Bonchev–Trinajstić information content (AvgIpc) is 2.38. The third kappa shape index (κ3) is 3.76. The summed E-state index contributed by atoms with van der Waals surface area (Å²) in [6.07, 6.45) is 4.78. The molecule has 0 aromatic heterocycles. The second-order valence-electron chi connectivity index (χ2n) is 5.90. The van der Waals surface area contributed by atoms with Crippen LogP contribution in [0.3, 0.4) is 0 Å². The predicted octanol–water partition coefficient (Wildman–Crippen LogP) is 5.05. The van der Waals surface area contributed by atoms with E-state index in [2.05, 4.69) is 35.1 Å². The Hall–Kier alpha value is -0.540. The zero-order valence-corrected chi connectivity index (χ0v) is 14.3. The van der Waals surface area contributed by atoms with Crippen LogP contribution in [0.5, 0.6) is 0 Å². The van der Waals surface area contributed by atoms with Crippen molar-refractivity contribution in [2.45, 2.75) is 45.6 Å². The smallest absolute Gasteiger partial charge is 0.252 e. The molecule has 0 heterocycles. The molecule has 0 radical (unpaired) electrons. The molecule has 20 heavy (non-hydrogen) atoms. The first kappa shape index (κ1) is 15.8. The summed E-state index contributed by atoms with van der Waals surface area (Å²) in [4.78, 5) is 12.4. The highest BCUT2D eigenvalue weighted by atomic mass is 79.9. The predicted molar refractivity (Wildman–Crippen MR) is 87.2 cm³/mol. The summed E-state index contributed by atoms with van der Waals surface area (Å²) in [5.74, 6) is 1.18. The van der Waals surface area contributed by atoms with Crippen LogP contribution in [0.2, 0.25) is 5.02 Å². The zero-order valence-electron chi connectivity index (χ0n) is 12.0. The molecule has 1 N–H and O–H groups in total. The standard InChI is InChI=1S/C16H21BrClNO/c1-10(2)12-5-3-4-6-15(12)19-16(20)13-8-7-11(18)9-14(13)17/h7-10,12,15H,3-6H2,1-2H3,(H,19,20). The van der Waals surface area contributed by atoms with E-state index in [0.717, 1.165) is 10.9 Å². The van der Waals surface area contributed by atoms with Gasteiger partial charge in [-0.05, 0) is 58.8 Å². The van der Waals surface area contributed by atoms with Crippen molar-refractivity contribution in [3.63, 3.8) is 0 Å². The summed E-state index contributed by atoms with van der Waals surface area (Å²) in [5.41, 5.74) is 0.655. The fourth-order valence-corrected chi connectivity index (χ4v) is 3.92. The first-order valence-corrected chi connectivity index (χ1v) is 8.42. The first-order chi connectivity index (χ1) is 9.49. The molecule has 1 aromatic rings. The van der Waals surface area contributed by atoms with Crippen molar-refractivity contribution in [2.75, 3.05) is 0 Å². The van der Waals surface area contributed by atoms with Crippen molar-refractivity contribution < 1.29 is 4.79 Å². The van der Waals surface area contributed by atoms with Gasteiger partial charge in [-0.15, -0.1) is 0 Å². The molecular formula is C16H21BrClNO. The molecule has 1 aliphatic rings. The minimum Gasteiger partial charge on any atom is -0.349 e. The average molecular weight is 359 g/mol. The maximum Gasteiger partial charge on any atom is 0.252 e. The maximum absolute atomic E-state index is 12.4. The van der Waals surface area contributed by atoms with Crippen molar-refractivity contribution in [1.82, 2.24) is 5.32 Å². The fourth-order valence-electron chi connectivity index (χ4n) is 3.06. The van der Waals surface area contributed by atoms with Gasteiger partial charge in [0.25, 0.3) is 5.91 Å². The molecule has 0 aliphatic heterocycles. The molecule has 2 atom stereocenters. The first-order valence-electron chi connectivity index (χ1n) is 7.25. The number of hydrogen-bond donors (Lipinski definition) is 1. The van der Waals surface area contributed by atoms with Crippen molar-refractivity contribution in [1.29, 1.82) is 0 Å². The number of carbonyl (C=O) groups is 1. The maximum atomic E-state index is 12.4. The van der Waals surface area contributed by atoms with Gasteiger partial charge in [-0.3, -0.25) is 4.79 Å². The summed E-state index contributed by atoms with van der Waals surface area (Å²) in [5, 5.41) is 3.85. The van der Waals surface area contributed by atoms with Crippen LogP contribution in [0.1, 0.15) is 49.9 Å². The van der Waals surface area contributed by atoms with Crippen molar-refractivity contribution in [3.8, 4) is 0 Å². The van der Waals surface area contributed by atoms with Gasteiger partial charge in [0, 0.05) is 15.5 Å². The molecular weight excluding hydrogens is 338 g/mol. The van der Waals surface area contributed by atoms with Crippen LogP contribution < -0.4 is 5.32 Å². The molecule has 0 bridgehead atoms. The molecule has 1 aromatic carbocycles. The van der Waals surface area contributed by atoms with Crippen molar-refractivity contribution in [2.24, 2.45) is 11.8 Å². The van der Waals surface area contributed by atoms with Crippen LogP contribution in [0.15, 0.2) is 22.7 Å². The summed E-state index contributed by atoms with van der Waals surface area (Å²) >= 11 is 9.33. The molecule has 0 spiro atoms. The van der Waals surface area contributed by atoms with Crippen LogP contribution >= 0.6 is 27.5 Å². The van der Waals surface area contributed by atoms with Gasteiger partial charge < -0.3 is 5.32 Å². The van der Waals surface area contributed by atoms with E-state index in [4.69, 9.17) is 11.6 Å². The Morgan fingerprint density at radius 3 is 2.70 bits per heavy atom. The van der Waals surface area contributed by atoms with Gasteiger partial charge in [-0.1, -0.05) is 38.3 Å². The minimum absolute atomic E-state index is 0.00825. The van der Waals surface area contributed by atoms with E-state index in [1.54, 1.807) is 18.2 Å². The van der Waals surface area contributed by atoms with Crippen LogP contribution in [0, 0.1) is 11.8 Å². The van der Waals surface area contributed by atoms with Crippen molar-refractivity contribution >= 4 is 33.4 Å². The normalized spacial score (nSPS) is 22.9. The number of carbonyl (C=O) groups excluding carboxylic acids is 1. The van der Waals surface area contributed by atoms with E-state index in [0.29, 0.717) is 28.5 Å². The summed E-state index contributed by atoms with van der Waals surface area (Å²) < 4.78 is 0.749. The van der Waals surface area contributed by atoms with Gasteiger partial charge in [-0.25, -0.2) is 0 Å². The molecule has 1 fully saturated rings. The molecule has 2 rings (SSSR count). The van der Waals surface area contributed by atoms with Gasteiger partial charge in [0.1, 0.15) is 0 Å². The van der Waals surface area contributed by atoms with Crippen LogP contribution in [0.25, 0.3) is 0 Å². The molecule has 1 aliphatic carbocycles. The highest BCUT2D eigenvalue weighted by Crippen LogP contribution is 2.31. The Labute approximate surface area is 134 Å². The van der Waals surface area contributed by atoms with E-state index in [-0.39, 0.29) is 5.91 Å². The number of amides is 1. The summed E-state index contributed by atoms with van der Waals surface area (Å²) in [6.45, 7) is 4.49. The zero-order chi connectivity index (χ0) is 14.7. The fraction of sp³-hybridized carbons (Fsp3) is 0.562. The number of benzene rings is 1. The lowest BCUT2D eigenvalue weighted by molar-refractivity contribution is 0.0888. The van der Waals surface area contributed by atoms with Crippen LogP contribution in [-0.2, 0) is 0 Å². The molecule has 2 nitrogen and oxygen atoms in total. The third-order valence-electron chi connectivity index (χ3n) is 4.17. The highest BCUT2D eigenvalue weighted by molar-refractivity contribution is 9.10. The van der Waals surface area contributed by atoms with Gasteiger partial charge >= 0.3 is 0 Å². The lowest BCUT2D eigenvalue weighted by atomic mass is 9.78. The Morgan fingerprint density at radius 1 is 1.35 bits per heavy atom. The largest absolute Gasteiger partial charge is 0.349 e. The molecule has 1 amide bonds. The van der Waals surface area contributed by atoms with Gasteiger partial charge in [0.05, 0.1) is 5.56 Å². The topological polar surface area (TPSA) is 29.1 Å². The van der Waals surface area contributed by atoms with E-state index in [1.807, 2.05) is 0 Å². The monoisotopic (exact) mass is 357 g/mol. The molecule has 0 saturated heterocycles. The lowest BCUT2D eigenvalue weighted by Gasteiger charge is -2.35. The second kappa shape index (κ2) is 6.95. The molecule has 4 heteroatoms. The Bertz CT molecular complexity index is 489. The summed E-state index contributed by atoms with van der Waals surface area (Å²) in [7, 11) is 0. The molecule has 1 saturated carbocycles. The van der Waals surface area contributed by atoms with E-state index in [1.165, 1.54) is 19.3 Å². The molecule has 110 valence electrons. The van der Waals surface area contributed by atoms with E-state index < -0.39 is 0 Å². The van der Waals surface area contributed by atoms with Gasteiger partial charge in [0.2, 0.25) is 0 Å². The minimum atomic E-state index is -0.00825. The lowest BCUT2D eigenvalue weighted by Crippen LogP contribution is -2.44. The Morgan fingerprint density at radius 2 is 2.05 bits per heavy atom.